The van der Waals surface area contributed by atoms with Crippen molar-refractivity contribution in [3.8, 4) is 28.7 Å². The van der Waals surface area contributed by atoms with E-state index in [0.717, 1.165) is 22.2 Å². The third-order valence-electron chi connectivity index (χ3n) is 7.71. The molecule has 4 heterocycles. The van der Waals surface area contributed by atoms with Gasteiger partial charge in [-0.05, 0) is 12.1 Å². The van der Waals surface area contributed by atoms with Crippen molar-refractivity contribution in [2.45, 2.75) is 0 Å². The smallest absolute Gasteiger partial charge is 0.238 e. The summed E-state index contributed by atoms with van der Waals surface area (Å²) >= 11 is 3.74. The van der Waals surface area contributed by atoms with E-state index in [9.17, 15) is 0 Å². The summed E-state index contributed by atoms with van der Waals surface area (Å²) in [6.45, 7) is 0. The zero-order valence-corrected chi connectivity index (χ0v) is 23.3. The number of benzene rings is 5. The molecule has 5 aromatic carbocycles. The summed E-state index contributed by atoms with van der Waals surface area (Å²) in [5.41, 5.74) is 4.15. The van der Waals surface area contributed by atoms with Gasteiger partial charge in [0, 0.05) is 42.8 Å². The minimum Gasteiger partial charge on any atom is -0.276 e. The standard InChI is InChI=1S/C35H20N4S2/c1-3-11-21(12-4-1)32-36-33(22-13-5-2-6-14-22)38-35(37-32)39-27-17-9-7-15-23(27)24-19-20-26-29-25-16-8-10-18-28(25)40-34(29)41-31(26)30(24)39/h1-20H. The molecule has 0 bridgehead atoms. The van der Waals surface area contributed by atoms with Crippen molar-refractivity contribution in [3.05, 3.63) is 121 Å². The quantitative estimate of drug-likeness (QED) is 0.216. The SMILES string of the molecule is c1ccc(-c2nc(-c3ccccc3)nc(-n3c4ccccc4c4ccc5c(sc6sc7ccccc7c65)c43)n2)cc1. The fourth-order valence-electron chi connectivity index (χ4n) is 5.88. The maximum Gasteiger partial charge on any atom is 0.238 e. The van der Waals surface area contributed by atoms with Gasteiger partial charge in [0.1, 0.15) is 0 Å². The van der Waals surface area contributed by atoms with E-state index >= 15 is 0 Å². The molecule has 0 N–H and O–H groups in total. The van der Waals surface area contributed by atoms with Gasteiger partial charge in [-0.25, -0.2) is 4.98 Å². The molecule has 0 aliphatic carbocycles. The average molecular weight is 561 g/mol. The molecule has 0 atom stereocenters. The van der Waals surface area contributed by atoms with Crippen LogP contribution in [0.5, 0.6) is 0 Å². The number of thiophene rings is 2. The van der Waals surface area contributed by atoms with E-state index in [4.69, 9.17) is 15.0 Å². The highest BCUT2D eigenvalue weighted by molar-refractivity contribution is 7.45. The molecule has 4 nitrogen and oxygen atoms in total. The molecule has 9 aromatic rings. The third kappa shape index (κ3) is 3.41. The lowest BCUT2D eigenvalue weighted by Crippen LogP contribution is -2.06. The first-order valence-corrected chi connectivity index (χ1v) is 15.1. The molecule has 0 unspecified atom stereocenters. The molecule has 0 amide bonds. The van der Waals surface area contributed by atoms with Crippen LogP contribution >= 0.6 is 22.7 Å². The molecule has 192 valence electrons. The Balaban J connectivity index is 1.43. The lowest BCUT2D eigenvalue weighted by atomic mass is 10.1. The van der Waals surface area contributed by atoms with Crippen LogP contribution in [-0.2, 0) is 0 Å². The predicted molar refractivity (Wildman–Crippen MR) is 173 cm³/mol. The Morgan fingerprint density at radius 3 is 1.83 bits per heavy atom. The molecular weight excluding hydrogens is 541 g/mol. The summed E-state index contributed by atoms with van der Waals surface area (Å²) < 4.78 is 6.18. The maximum absolute atomic E-state index is 5.12. The molecule has 0 aliphatic rings. The van der Waals surface area contributed by atoms with Crippen LogP contribution in [0.2, 0.25) is 0 Å². The molecule has 4 aromatic heterocycles. The number of aromatic nitrogens is 4. The minimum atomic E-state index is 0.623. The summed E-state index contributed by atoms with van der Waals surface area (Å²) in [4.78, 5) is 15.2. The number of rotatable bonds is 3. The summed E-state index contributed by atoms with van der Waals surface area (Å²) in [6.07, 6.45) is 0. The number of para-hydroxylation sites is 1. The Morgan fingerprint density at radius 2 is 1.10 bits per heavy atom. The highest BCUT2D eigenvalue weighted by Crippen LogP contribution is 2.48. The Labute approximate surface area is 242 Å². The van der Waals surface area contributed by atoms with Crippen molar-refractivity contribution in [1.29, 1.82) is 0 Å². The van der Waals surface area contributed by atoms with E-state index in [1.807, 2.05) is 59.1 Å². The first-order chi connectivity index (χ1) is 20.3. The summed E-state index contributed by atoms with van der Waals surface area (Å²) in [5, 5.41) is 6.33. The fraction of sp³-hybridized carbons (Fsp3) is 0. The molecular formula is C35H20N4S2. The Bertz CT molecular complexity index is 2360. The first-order valence-electron chi connectivity index (χ1n) is 13.5. The van der Waals surface area contributed by atoms with E-state index in [1.54, 1.807) is 0 Å². The largest absolute Gasteiger partial charge is 0.276 e. The third-order valence-corrected chi connectivity index (χ3v) is 10.2. The summed E-state index contributed by atoms with van der Waals surface area (Å²) in [7, 11) is 0. The lowest BCUT2D eigenvalue weighted by molar-refractivity contribution is 0.955. The van der Waals surface area contributed by atoms with Crippen LogP contribution in [0.4, 0.5) is 0 Å². The van der Waals surface area contributed by atoms with Crippen LogP contribution in [0.15, 0.2) is 121 Å². The fourth-order valence-corrected chi connectivity index (χ4v) is 8.60. The summed E-state index contributed by atoms with van der Waals surface area (Å²) in [6, 6.07) is 42.2. The average Bonchev–Trinajstić information content (AvgIpc) is 3.69. The molecule has 0 saturated carbocycles. The highest BCUT2D eigenvalue weighted by atomic mass is 32.2. The molecule has 0 aliphatic heterocycles. The highest BCUT2D eigenvalue weighted by Gasteiger charge is 2.22. The molecule has 0 saturated heterocycles. The van der Waals surface area contributed by atoms with Crippen LogP contribution in [0.3, 0.4) is 0 Å². The van der Waals surface area contributed by atoms with Crippen LogP contribution in [0, 0.1) is 0 Å². The Kier molecular flexibility index (Phi) is 4.90. The molecule has 0 radical (unpaired) electrons. The Morgan fingerprint density at radius 1 is 0.488 bits per heavy atom. The lowest BCUT2D eigenvalue weighted by Gasteiger charge is -2.11. The van der Waals surface area contributed by atoms with E-state index in [-0.39, 0.29) is 0 Å². The van der Waals surface area contributed by atoms with Crippen molar-refractivity contribution in [1.82, 2.24) is 19.5 Å². The van der Waals surface area contributed by atoms with E-state index < -0.39 is 0 Å². The first kappa shape index (κ1) is 22.9. The predicted octanol–water partition coefficient (Wildman–Crippen LogP) is 9.89. The van der Waals surface area contributed by atoms with Crippen molar-refractivity contribution < 1.29 is 0 Å². The maximum atomic E-state index is 5.12. The van der Waals surface area contributed by atoms with Crippen LogP contribution < -0.4 is 0 Å². The molecule has 0 fully saturated rings. The Hall–Kier alpha value is -4.91. The normalized spacial score (nSPS) is 11.9. The summed E-state index contributed by atoms with van der Waals surface area (Å²) in [5.74, 6) is 1.94. The van der Waals surface area contributed by atoms with Crippen LogP contribution in [0.25, 0.3) is 80.1 Å². The van der Waals surface area contributed by atoms with Gasteiger partial charge >= 0.3 is 0 Å². The minimum absolute atomic E-state index is 0.623. The monoisotopic (exact) mass is 560 g/mol. The van der Waals surface area contributed by atoms with Gasteiger partial charge < -0.3 is 0 Å². The van der Waals surface area contributed by atoms with Gasteiger partial charge in [0.05, 0.1) is 19.7 Å². The van der Waals surface area contributed by atoms with Crippen molar-refractivity contribution in [3.63, 3.8) is 0 Å². The zero-order valence-electron chi connectivity index (χ0n) is 21.7. The number of hydrogen-bond donors (Lipinski definition) is 0. The molecule has 0 spiro atoms. The number of fused-ring (bicyclic) bond motifs is 9. The topological polar surface area (TPSA) is 43.6 Å². The second kappa shape index (κ2) is 8.80. The van der Waals surface area contributed by atoms with E-state index in [0.29, 0.717) is 17.6 Å². The second-order valence-corrected chi connectivity index (χ2v) is 12.4. The van der Waals surface area contributed by atoms with Crippen LogP contribution in [-0.4, -0.2) is 19.5 Å². The van der Waals surface area contributed by atoms with Gasteiger partial charge in [0.2, 0.25) is 5.95 Å². The van der Waals surface area contributed by atoms with Crippen molar-refractivity contribution in [2.75, 3.05) is 0 Å². The molecule has 9 rings (SSSR count). The van der Waals surface area contributed by atoms with Gasteiger partial charge in [0.25, 0.3) is 0 Å². The number of nitrogens with zero attached hydrogens (tertiary/aromatic N) is 4. The van der Waals surface area contributed by atoms with Gasteiger partial charge in [-0.1, -0.05) is 109 Å². The van der Waals surface area contributed by atoms with Crippen molar-refractivity contribution in [2.24, 2.45) is 0 Å². The van der Waals surface area contributed by atoms with E-state index in [2.05, 4.69) is 89.5 Å². The van der Waals surface area contributed by atoms with Crippen LogP contribution in [0.1, 0.15) is 0 Å². The van der Waals surface area contributed by atoms with Gasteiger partial charge in [-0.3, -0.25) is 4.57 Å². The second-order valence-electron chi connectivity index (χ2n) is 10.1. The molecule has 6 heteroatoms. The van der Waals surface area contributed by atoms with Crippen molar-refractivity contribution >= 4 is 74.1 Å². The zero-order chi connectivity index (χ0) is 26.9. The van der Waals surface area contributed by atoms with Gasteiger partial charge in [0.15, 0.2) is 11.6 Å². The molecule has 41 heavy (non-hydrogen) atoms. The number of hydrogen-bond acceptors (Lipinski definition) is 5. The van der Waals surface area contributed by atoms with E-state index in [1.165, 1.54) is 40.3 Å². The van der Waals surface area contributed by atoms with Gasteiger partial charge in [-0.2, -0.15) is 9.97 Å². The van der Waals surface area contributed by atoms with Gasteiger partial charge in [-0.15, -0.1) is 22.7 Å².